The second kappa shape index (κ2) is 7.25. The summed E-state index contributed by atoms with van der Waals surface area (Å²) in [6.45, 7) is 8.28. The van der Waals surface area contributed by atoms with E-state index in [0.717, 1.165) is 32.2 Å². The van der Waals surface area contributed by atoms with Gasteiger partial charge >= 0.3 is 0 Å². The maximum Gasteiger partial charge on any atom is 0.0509 e. The van der Waals surface area contributed by atoms with E-state index >= 15 is 0 Å². The van der Waals surface area contributed by atoms with Crippen LogP contribution in [-0.2, 0) is 4.74 Å². The Kier molecular flexibility index (Phi) is 6.32. The number of nitrogens with zero attached hydrogens (tertiary/aromatic N) is 1. The van der Waals surface area contributed by atoms with E-state index in [1.54, 1.807) is 0 Å². The summed E-state index contributed by atoms with van der Waals surface area (Å²) in [6.07, 6.45) is 3.72. The molecule has 1 rings (SSSR count). The first-order valence-corrected chi connectivity index (χ1v) is 6.63. The van der Waals surface area contributed by atoms with Crippen molar-refractivity contribution in [3.8, 4) is 0 Å². The first-order valence-electron chi connectivity index (χ1n) is 6.63. The second-order valence-electron chi connectivity index (χ2n) is 5.44. The number of nitrogens with two attached hydrogens (primary N) is 1. The molecule has 3 nitrogen and oxygen atoms in total. The molecule has 2 unspecified atom stereocenters. The van der Waals surface area contributed by atoms with E-state index in [1.807, 2.05) is 0 Å². The van der Waals surface area contributed by atoms with Gasteiger partial charge in [-0.05, 0) is 44.7 Å². The van der Waals surface area contributed by atoms with Crippen LogP contribution in [-0.4, -0.2) is 44.3 Å². The van der Waals surface area contributed by atoms with Gasteiger partial charge in [-0.15, -0.1) is 0 Å². The molecule has 0 radical (unpaired) electrons. The highest BCUT2D eigenvalue weighted by Gasteiger charge is 2.26. The quantitative estimate of drug-likeness (QED) is 0.752. The molecule has 0 spiro atoms. The number of rotatable bonds is 6. The van der Waals surface area contributed by atoms with E-state index in [0.29, 0.717) is 12.0 Å². The lowest BCUT2D eigenvalue weighted by molar-refractivity contribution is 0.0165. The highest BCUT2D eigenvalue weighted by Crippen LogP contribution is 2.20. The zero-order valence-electron chi connectivity index (χ0n) is 11.1. The highest BCUT2D eigenvalue weighted by molar-refractivity contribution is 4.80. The summed E-state index contributed by atoms with van der Waals surface area (Å²) in [4.78, 5) is 2.43. The van der Waals surface area contributed by atoms with Crippen LogP contribution in [0.3, 0.4) is 0 Å². The number of likely N-dealkylation sites (N-methyl/N-ethyl adjacent to an activating group) is 1. The molecular formula is C13H28N2O. The van der Waals surface area contributed by atoms with Gasteiger partial charge in [-0.3, -0.25) is 0 Å². The zero-order valence-corrected chi connectivity index (χ0v) is 11.1. The van der Waals surface area contributed by atoms with Crippen LogP contribution in [0.25, 0.3) is 0 Å². The summed E-state index contributed by atoms with van der Waals surface area (Å²) in [5, 5.41) is 0. The van der Waals surface area contributed by atoms with Crippen molar-refractivity contribution in [3.05, 3.63) is 0 Å². The molecule has 16 heavy (non-hydrogen) atoms. The first kappa shape index (κ1) is 13.9. The zero-order chi connectivity index (χ0) is 12.0. The summed E-state index contributed by atoms with van der Waals surface area (Å²) < 4.78 is 5.56. The smallest absolute Gasteiger partial charge is 0.0509 e. The first-order chi connectivity index (χ1) is 7.65. The van der Waals surface area contributed by atoms with Crippen molar-refractivity contribution in [1.82, 2.24) is 4.90 Å². The van der Waals surface area contributed by atoms with Crippen molar-refractivity contribution in [2.24, 2.45) is 17.6 Å². The van der Waals surface area contributed by atoms with Crippen LogP contribution < -0.4 is 5.73 Å². The predicted molar refractivity (Wildman–Crippen MR) is 68.5 cm³/mol. The van der Waals surface area contributed by atoms with Gasteiger partial charge in [0, 0.05) is 19.2 Å². The largest absolute Gasteiger partial charge is 0.381 e. The molecule has 0 aromatic carbocycles. The van der Waals surface area contributed by atoms with E-state index in [1.165, 1.54) is 19.3 Å². The molecule has 0 saturated carbocycles. The van der Waals surface area contributed by atoms with E-state index in [9.17, 15) is 0 Å². The van der Waals surface area contributed by atoms with Gasteiger partial charge in [0.1, 0.15) is 0 Å². The Morgan fingerprint density at radius 2 is 2.19 bits per heavy atom. The van der Waals surface area contributed by atoms with Gasteiger partial charge in [0.25, 0.3) is 0 Å². The maximum absolute atomic E-state index is 5.91. The highest BCUT2D eigenvalue weighted by atomic mass is 16.5. The molecule has 0 aliphatic carbocycles. The standard InChI is InChI=1S/C13H28N2O/c1-11(2)6-7-15(3)13(9-14)12-5-4-8-16-10-12/h11-13H,4-10,14H2,1-3H3. The third-order valence-corrected chi connectivity index (χ3v) is 3.61. The summed E-state index contributed by atoms with van der Waals surface area (Å²) in [6, 6.07) is 0.499. The van der Waals surface area contributed by atoms with Crippen molar-refractivity contribution >= 4 is 0 Å². The van der Waals surface area contributed by atoms with Gasteiger partial charge in [0.05, 0.1) is 6.61 Å². The second-order valence-corrected chi connectivity index (χ2v) is 5.44. The number of hydrogen-bond donors (Lipinski definition) is 1. The minimum Gasteiger partial charge on any atom is -0.381 e. The molecule has 0 amide bonds. The van der Waals surface area contributed by atoms with Crippen molar-refractivity contribution in [1.29, 1.82) is 0 Å². The maximum atomic E-state index is 5.91. The van der Waals surface area contributed by atoms with E-state index in [-0.39, 0.29) is 0 Å². The Morgan fingerprint density at radius 1 is 1.44 bits per heavy atom. The lowest BCUT2D eigenvalue weighted by atomic mass is 9.92. The topological polar surface area (TPSA) is 38.5 Å². The van der Waals surface area contributed by atoms with Crippen LogP contribution in [0, 0.1) is 11.8 Å². The SMILES string of the molecule is CC(C)CCN(C)C(CN)C1CCCOC1. The van der Waals surface area contributed by atoms with Crippen molar-refractivity contribution in [2.75, 3.05) is 33.4 Å². The molecule has 3 heteroatoms. The normalized spacial score (nSPS) is 24.0. The lowest BCUT2D eigenvalue weighted by Crippen LogP contribution is -2.46. The van der Waals surface area contributed by atoms with Crippen LogP contribution in [0.5, 0.6) is 0 Å². The molecule has 1 heterocycles. The van der Waals surface area contributed by atoms with Gasteiger partial charge < -0.3 is 15.4 Å². The Balaban J connectivity index is 2.38. The average Bonchev–Trinajstić information content (AvgIpc) is 2.29. The third-order valence-electron chi connectivity index (χ3n) is 3.61. The molecule has 0 aromatic rings. The molecule has 0 aromatic heterocycles. The molecule has 96 valence electrons. The minimum atomic E-state index is 0.499. The summed E-state index contributed by atoms with van der Waals surface area (Å²) >= 11 is 0. The molecule has 1 aliphatic rings. The van der Waals surface area contributed by atoms with Crippen LogP contribution in [0.15, 0.2) is 0 Å². The Bertz CT molecular complexity index is 179. The average molecular weight is 228 g/mol. The van der Waals surface area contributed by atoms with Gasteiger partial charge in [-0.1, -0.05) is 13.8 Å². The molecule has 2 atom stereocenters. The van der Waals surface area contributed by atoms with E-state index in [2.05, 4.69) is 25.8 Å². The summed E-state index contributed by atoms with van der Waals surface area (Å²) in [7, 11) is 2.20. The molecular weight excluding hydrogens is 200 g/mol. The van der Waals surface area contributed by atoms with Crippen LogP contribution in [0.1, 0.15) is 33.1 Å². The molecule has 1 fully saturated rings. The molecule has 1 aliphatic heterocycles. The predicted octanol–water partition coefficient (Wildman–Crippen LogP) is 1.72. The Labute approximate surface area is 100 Å². The van der Waals surface area contributed by atoms with Gasteiger partial charge in [-0.2, -0.15) is 0 Å². The Morgan fingerprint density at radius 3 is 2.69 bits per heavy atom. The number of hydrogen-bond acceptors (Lipinski definition) is 3. The fraction of sp³-hybridized carbons (Fsp3) is 1.00. The molecule has 0 bridgehead atoms. The van der Waals surface area contributed by atoms with Gasteiger partial charge in [0.15, 0.2) is 0 Å². The third kappa shape index (κ3) is 4.40. The molecule has 1 saturated heterocycles. The number of ether oxygens (including phenoxy) is 1. The molecule has 2 N–H and O–H groups in total. The van der Waals surface area contributed by atoms with E-state index in [4.69, 9.17) is 10.5 Å². The van der Waals surface area contributed by atoms with Crippen LogP contribution in [0.4, 0.5) is 0 Å². The van der Waals surface area contributed by atoms with E-state index < -0.39 is 0 Å². The van der Waals surface area contributed by atoms with Crippen molar-refractivity contribution in [3.63, 3.8) is 0 Å². The lowest BCUT2D eigenvalue weighted by Gasteiger charge is -2.36. The van der Waals surface area contributed by atoms with Crippen LogP contribution >= 0.6 is 0 Å². The Hall–Kier alpha value is -0.120. The van der Waals surface area contributed by atoms with Crippen LogP contribution in [0.2, 0.25) is 0 Å². The van der Waals surface area contributed by atoms with Crippen molar-refractivity contribution in [2.45, 2.75) is 39.2 Å². The summed E-state index contributed by atoms with van der Waals surface area (Å²) in [5.41, 5.74) is 5.91. The minimum absolute atomic E-state index is 0.499. The van der Waals surface area contributed by atoms with Crippen molar-refractivity contribution < 1.29 is 4.74 Å². The van der Waals surface area contributed by atoms with Gasteiger partial charge in [0.2, 0.25) is 0 Å². The fourth-order valence-corrected chi connectivity index (χ4v) is 2.43. The van der Waals surface area contributed by atoms with Gasteiger partial charge in [-0.25, -0.2) is 0 Å². The summed E-state index contributed by atoms with van der Waals surface area (Å²) in [5.74, 6) is 1.40. The monoisotopic (exact) mass is 228 g/mol. The fourth-order valence-electron chi connectivity index (χ4n) is 2.43.